The molecule has 33 heavy (non-hydrogen) atoms. The highest BCUT2D eigenvalue weighted by molar-refractivity contribution is 6.00. The number of nitrogens with zero attached hydrogens (tertiary/aromatic N) is 6. The van der Waals surface area contributed by atoms with Gasteiger partial charge >= 0.3 is 0 Å². The molecule has 0 fully saturated rings. The third kappa shape index (κ3) is 4.76. The summed E-state index contributed by atoms with van der Waals surface area (Å²) in [5, 5.41) is 28.4. The van der Waals surface area contributed by atoms with Crippen molar-refractivity contribution < 1.29 is 23.7 Å². The summed E-state index contributed by atoms with van der Waals surface area (Å²) in [5.41, 5.74) is 9.40. The molecule has 12 nitrogen and oxygen atoms in total. The number of benzene rings is 2. The Bertz CT molecular complexity index is 1300. The maximum absolute atomic E-state index is 13.2. The number of nitrogens with one attached hydrogen (secondary N) is 1. The smallest absolute Gasteiger partial charge is 0.293 e. The van der Waals surface area contributed by atoms with Crippen LogP contribution in [0.5, 0.6) is 11.5 Å². The molecular formula is C20H17FN8O4. The number of anilines is 1. The van der Waals surface area contributed by atoms with Crippen LogP contribution in [0.25, 0.3) is 5.82 Å². The Labute approximate surface area is 185 Å². The zero-order valence-corrected chi connectivity index (χ0v) is 17.1. The number of hydrazone groups is 1. The van der Waals surface area contributed by atoms with E-state index in [1.807, 2.05) is 0 Å². The maximum atomic E-state index is 13.2. The average molecular weight is 452 g/mol. The number of rotatable bonds is 7. The molecule has 0 aliphatic carbocycles. The molecule has 0 radical (unpaired) electrons. The highest BCUT2D eigenvalue weighted by Crippen LogP contribution is 2.19. The van der Waals surface area contributed by atoms with E-state index in [-0.39, 0.29) is 35.4 Å². The van der Waals surface area contributed by atoms with Crippen molar-refractivity contribution in [1.82, 2.24) is 30.7 Å². The highest BCUT2D eigenvalue weighted by atomic mass is 19.1. The molecule has 0 spiro atoms. The third-order valence-electron chi connectivity index (χ3n) is 4.47. The molecule has 0 aliphatic rings. The average Bonchev–Trinajstić information content (AvgIpc) is 3.43. The Kier molecular flexibility index (Phi) is 5.93. The summed E-state index contributed by atoms with van der Waals surface area (Å²) in [6.07, 6.45) is 0. The number of amides is 1. The van der Waals surface area contributed by atoms with Gasteiger partial charge in [0, 0.05) is 0 Å². The summed E-state index contributed by atoms with van der Waals surface area (Å²) < 4.78 is 24.6. The van der Waals surface area contributed by atoms with Crippen LogP contribution in [0.2, 0.25) is 0 Å². The van der Waals surface area contributed by atoms with Gasteiger partial charge < -0.3 is 15.6 Å². The van der Waals surface area contributed by atoms with Gasteiger partial charge in [0.25, 0.3) is 5.91 Å². The molecule has 0 bridgehead atoms. The molecule has 2 heterocycles. The maximum Gasteiger partial charge on any atom is 0.293 e. The van der Waals surface area contributed by atoms with Crippen LogP contribution in [0.1, 0.15) is 28.7 Å². The van der Waals surface area contributed by atoms with E-state index in [1.165, 1.54) is 36.4 Å². The summed E-state index contributed by atoms with van der Waals surface area (Å²) >= 11 is 0. The van der Waals surface area contributed by atoms with Gasteiger partial charge in [-0.05, 0) is 71.3 Å². The zero-order chi connectivity index (χ0) is 23.4. The largest absolute Gasteiger partial charge is 0.508 e. The summed E-state index contributed by atoms with van der Waals surface area (Å²) in [4.78, 5) is 12.8. The SMILES string of the molecule is C/C(=N\NC(=O)c1nnn(-c2nonc2N)c1COc1ccc(F)cc1)c1ccc(O)cc1. The second-order valence-electron chi connectivity index (χ2n) is 6.70. The first-order chi connectivity index (χ1) is 15.9. The molecular weight excluding hydrogens is 435 g/mol. The Hall–Kier alpha value is -4.81. The monoisotopic (exact) mass is 452 g/mol. The quantitative estimate of drug-likeness (QED) is 0.280. The van der Waals surface area contributed by atoms with Crippen LogP contribution in [-0.4, -0.2) is 42.0 Å². The van der Waals surface area contributed by atoms with Gasteiger partial charge in [0.15, 0.2) is 5.69 Å². The molecule has 0 atom stereocenters. The number of halogens is 1. The number of nitrogens with two attached hydrogens (primary N) is 1. The van der Waals surface area contributed by atoms with E-state index in [4.69, 9.17) is 10.5 Å². The van der Waals surface area contributed by atoms with Crippen LogP contribution >= 0.6 is 0 Å². The van der Waals surface area contributed by atoms with Gasteiger partial charge in [-0.3, -0.25) is 4.79 Å². The summed E-state index contributed by atoms with van der Waals surface area (Å²) in [5.74, 6) is -0.689. The second-order valence-corrected chi connectivity index (χ2v) is 6.70. The molecule has 2 aromatic heterocycles. The predicted octanol–water partition coefficient (Wildman–Crippen LogP) is 1.81. The predicted molar refractivity (Wildman–Crippen MR) is 112 cm³/mol. The Balaban J connectivity index is 1.59. The number of carbonyl (C=O) groups is 1. The molecule has 4 aromatic rings. The van der Waals surface area contributed by atoms with Crippen LogP contribution in [0.3, 0.4) is 0 Å². The lowest BCUT2D eigenvalue weighted by Gasteiger charge is -2.08. The first-order valence-corrected chi connectivity index (χ1v) is 9.47. The lowest BCUT2D eigenvalue weighted by Crippen LogP contribution is -2.22. The number of carbonyl (C=O) groups excluding carboxylic acids is 1. The van der Waals surface area contributed by atoms with E-state index in [9.17, 15) is 14.3 Å². The molecule has 0 saturated carbocycles. The molecule has 4 rings (SSSR count). The molecule has 0 aliphatic heterocycles. The van der Waals surface area contributed by atoms with Gasteiger partial charge in [0.2, 0.25) is 11.6 Å². The number of nitrogen functional groups attached to an aromatic ring is 1. The minimum Gasteiger partial charge on any atom is -0.508 e. The van der Waals surface area contributed by atoms with Gasteiger partial charge in [0.05, 0.1) is 5.71 Å². The fourth-order valence-corrected chi connectivity index (χ4v) is 2.75. The lowest BCUT2D eigenvalue weighted by atomic mass is 10.1. The standard InChI is InChI=1S/C20H17FN8O4/c1-11(12-2-6-14(30)7-3-12)23-25-20(31)17-16(10-32-15-8-4-13(21)5-9-15)29(28-24-17)19-18(22)26-33-27-19/h2-9,30H,10H2,1H3,(H2,22,26)(H,25,31)/b23-11+. The van der Waals surface area contributed by atoms with Crippen molar-refractivity contribution in [2.24, 2.45) is 5.10 Å². The topological polar surface area (TPSA) is 167 Å². The van der Waals surface area contributed by atoms with Crippen molar-refractivity contribution in [3.8, 4) is 17.3 Å². The molecule has 1 amide bonds. The molecule has 0 saturated heterocycles. The van der Waals surface area contributed by atoms with E-state index in [0.29, 0.717) is 17.0 Å². The fraction of sp³-hybridized carbons (Fsp3) is 0.100. The number of hydrogen-bond acceptors (Lipinski definition) is 10. The Morgan fingerprint density at radius 1 is 1.21 bits per heavy atom. The van der Waals surface area contributed by atoms with Gasteiger partial charge in [0.1, 0.15) is 29.6 Å². The molecule has 2 aromatic carbocycles. The van der Waals surface area contributed by atoms with E-state index in [1.54, 1.807) is 19.1 Å². The van der Waals surface area contributed by atoms with Gasteiger partial charge in [-0.25, -0.2) is 14.4 Å². The molecule has 4 N–H and O–H groups in total. The van der Waals surface area contributed by atoms with Gasteiger partial charge in [-0.2, -0.15) is 9.78 Å². The summed E-state index contributed by atoms with van der Waals surface area (Å²) in [7, 11) is 0. The third-order valence-corrected chi connectivity index (χ3v) is 4.47. The summed E-state index contributed by atoms with van der Waals surface area (Å²) in [6.45, 7) is 1.50. The lowest BCUT2D eigenvalue weighted by molar-refractivity contribution is 0.0947. The van der Waals surface area contributed by atoms with Gasteiger partial charge in [-0.1, -0.05) is 5.21 Å². The van der Waals surface area contributed by atoms with Crippen LogP contribution in [0, 0.1) is 5.82 Å². The number of aromatic nitrogens is 5. The van der Waals surface area contributed by atoms with Crippen LogP contribution in [0.15, 0.2) is 58.3 Å². The Morgan fingerprint density at radius 3 is 2.61 bits per heavy atom. The van der Waals surface area contributed by atoms with Crippen molar-refractivity contribution >= 4 is 17.4 Å². The normalized spacial score (nSPS) is 11.4. The number of aromatic hydroxyl groups is 1. The van der Waals surface area contributed by atoms with E-state index in [2.05, 4.69) is 35.8 Å². The molecule has 13 heteroatoms. The van der Waals surface area contributed by atoms with Crippen LogP contribution in [0.4, 0.5) is 10.2 Å². The van der Waals surface area contributed by atoms with Crippen LogP contribution < -0.4 is 15.9 Å². The van der Waals surface area contributed by atoms with Gasteiger partial charge in [-0.15, -0.1) is 5.10 Å². The van der Waals surface area contributed by atoms with Crippen molar-refractivity contribution in [2.45, 2.75) is 13.5 Å². The zero-order valence-electron chi connectivity index (χ0n) is 17.1. The number of ether oxygens (including phenoxy) is 1. The molecule has 168 valence electrons. The van der Waals surface area contributed by atoms with Crippen molar-refractivity contribution in [2.75, 3.05) is 5.73 Å². The van der Waals surface area contributed by atoms with Crippen molar-refractivity contribution in [3.63, 3.8) is 0 Å². The Morgan fingerprint density at radius 2 is 1.94 bits per heavy atom. The minimum absolute atomic E-state index is 0.0167. The minimum atomic E-state index is -0.674. The molecule has 0 unspecified atom stereocenters. The summed E-state index contributed by atoms with van der Waals surface area (Å²) in [6, 6.07) is 11.6. The van der Waals surface area contributed by atoms with Crippen molar-refractivity contribution in [1.29, 1.82) is 0 Å². The highest BCUT2D eigenvalue weighted by Gasteiger charge is 2.24. The fourth-order valence-electron chi connectivity index (χ4n) is 2.75. The number of phenolic OH excluding ortho intramolecular Hbond substituents is 1. The first-order valence-electron chi connectivity index (χ1n) is 9.47. The van der Waals surface area contributed by atoms with Crippen molar-refractivity contribution in [3.05, 3.63) is 71.3 Å². The van der Waals surface area contributed by atoms with E-state index in [0.717, 1.165) is 4.68 Å². The second kappa shape index (κ2) is 9.13. The van der Waals surface area contributed by atoms with E-state index < -0.39 is 11.7 Å². The van der Waals surface area contributed by atoms with Crippen LogP contribution in [-0.2, 0) is 6.61 Å². The first kappa shape index (κ1) is 21.4. The number of phenols is 1. The van der Waals surface area contributed by atoms with E-state index >= 15 is 0 Å². The number of hydrogen-bond donors (Lipinski definition) is 3.